The number of halogens is 1. The summed E-state index contributed by atoms with van der Waals surface area (Å²) in [6, 6.07) is 27.8. The van der Waals surface area contributed by atoms with Gasteiger partial charge in [-0.05, 0) is 71.1 Å². The van der Waals surface area contributed by atoms with Crippen molar-refractivity contribution in [1.82, 2.24) is 30.5 Å². The Balaban J connectivity index is 1.21. The first-order valence-corrected chi connectivity index (χ1v) is 13.5. The van der Waals surface area contributed by atoms with Crippen LogP contribution in [0.25, 0.3) is 55.6 Å². The molecule has 0 spiro atoms. The lowest BCUT2D eigenvalue weighted by Gasteiger charge is -2.07. The zero-order valence-corrected chi connectivity index (χ0v) is 22.4. The Morgan fingerprint density at radius 2 is 1.63 bits per heavy atom. The maximum atomic E-state index is 14.2. The molecule has 0 saturated heterocycles. The highest BCUT2D eigenvalue weighted by atomic mass is 19.1. The third kappa shape index (κ3) is 4.99. The molecule has 0 amide bonds. The molecule has 0 bridgehead atoms. The van der Waals surface area contributed by atoms with Crippen molar-refractivity contribution in [1.29, 1.82) is 0 Å². The summed E-state index contributed by atoms with van der Waals surface area (Å²) < 4.78 is 14.2. The Kier molecular flexibility index (Phi) is 6.34. The van der Waals surface area contributed by atoms with E-state index in [1.807, 2.05) is 68.0 Å². The first-order valence-electron chi connectivity index (χ1n) is 13.5. The fraction of sp³-hybridized carbons (Fsp3) is 0.0882. The van der Waals surface area contributed by atoms with Crippen molar-refractivity contribution in [3.63, 3.8) is 0 Å². The zero-order chi connectivity index (χ0) is 27.8. The number of hydrogen-bond donors (Lipinski definition) is 3. The van der Waals surface area contributed by atoms with Gasteiger partial charge < -0.3 is 10.3 Å². The van der Waals surface area contributed by atoms with E-state index in [1.165, 1.54) is 5.56 Å². The van der Waals surface area contributed by atoms with E-state index >= 15 is 0 Å². The molecule has 41 heavy (non-hydrogen) atoms. The minimum absolute atomic E-state index is 0.239. The van der Waals surface area contributed by atoms with Gasteiger partial charge in [0.1, 0.15) is 11.5 Å². The molecule has 0 aliphatic rings. The van der Waals surface area contributed by atoms with Crippen molar-refractivity contribution in [2.24, 2.45) is 0 Å². The standard InChI is InChI=1S/C34H27FN6/c1-21-10-24(13-26(35)11-21)27-8-5-9-30-28(27)14-32(39-30)34-29-15-31(38-20-33(29)40-41-34)25-12-23(18-37-19-25)17-36-16-22-6-3-2-4-7-22/h2-15,18-20,36,39H,16-17H2,1H3,(H,40,41). The monoisotopic (exact) mass is 538 g/mol. The van der Waals surface area contributed by atoms with E-state index in [2.05, 4.69) is 60.8 Å². The Bertz CT molecular complexity index is 1990. The van der Waals surface area contributed by atoms with Gasteiger partial charge in [-0.3, -0.25) is 15.1 Å². The van der Waals surface area contributed by atoms with Gasteiger partial charge in [0.25, 0.3) is 0 Å². The van der Waals surface area contributed by atoms with E-state index in [9.17, 15) is 4.39 Å². The number of hydrogen-bond acceptors (Lipinski definition) is 4. The van der Waals surface area contributed by atoms with E-state index < -0.39 is 0 Å². The van der Waals surface area contributed by atoms with E-state index in [0.29, 0.717) is 6.54 Å². The van der Waals surface area contributed by atoms with E-state index in [4.69, 9.17) is 0 Å². The van der Waals surface area contributed by atoms with Crippen molar-refractivity contribution >= 4 is 21.8 Å². The maximum absolute atomic E-state index is 14.2. The summed E-state index contributed by atoms with van der Waals surface area (Å²) in [4.78, 5) is 12.7. The van der Waals surface area contributed by atoms with Crippen molar-refractivity contribution in [3.05, 3.63) is 126 Å². The van der Waals surface area contributed by atoms with Crippen LogP contribution in [0, 0.1) is 12.7 Å². The first-order chi connectivity index (χ1) is 20.1. The zero-order valence-electron chi connectivity index (χ0n) is 22.4. The molecular weight excluding hydrogens is 511 g/mol. The first kappa shape index (κ1) is 24.9. The number of pyridine rings is 2. The number of fused-ring (bicyclic) bond motifs is 2. The molecule has 3 aromatic carbocycles. The van der Waals surface area contributed by atoms with Crippen molar-refractivity contribution in [2.75, 3.05) is 0 Å². The van der Waals surface area contributed by atoms with Gasteiger partial charge in [-0.25, -0.2) is 4.39 Å². The van der Waals surface area contributed by atoms with Crippen LogP contribution in [-0.2, 0) is 13.1 Å². The van der Waals surface area contributed by atoms with Crippen LogP contribution >= 0.6 is 0 Å². The number of aromatic amines is 2. The lowest BCUT2D eigenvalue weighted by Crippen LogP contribution is -2.12. The molecule has 0 aliphatic carbocycles. The highest BCUT2D eigenvalue weighted by Gasteiger charge is 2.15. The SMILES string of the molecule is Cc1cc(F)cc(-c2cccc3[nH]c(-c4n[nH]c5cnc(-c6cncc(CNCc7ccccc7)c6)cc45)cc23)c1. The van der Waals surface area contributed by atoms with Crippen LogP contribution in [0.1, 0.15) is 16.7 Å². The van der Waals surface area contributed by atoms with Gasteiger partial charge in [0.05, 0.1) is 23.1 Å². The molecule has 0 fully saturated rings. The lowest BCUT2D eigenvalue weighted by atomic mass is 9.99. The van der Waals surface area contributed by atoms with E-state index in [-0.39, 0.29) is 5.82 Å². The van der Waals surface area contributed by atoms with Crippen molar-refractivity contribution in [2.45, 2.75) is 20.0 Å². The number of H-pyrrole nitrogens is 2. The summed E-state index contributed by atoms with van der Waals surface area (Å²) >= 11 is 0. The van der Waals surface area contributed by atoms with Crippen LogP contribution < -0.4 is 5.32 Å². The maximum Gasteiger partial charge on any atom is 0.124 e. The number of benzene rings is 3. The minimum atomic E-state index is -0.239. The number of nitrogens with one attached hydrogen (secondary N) is 3. The third-order valence-electron chi connectivity index (χ3n) is 7.31. The van der Waals surface area contributed by atoms with Gasteiger partial charge in [-0.1, -0.05) is 48.5 Å². The predicted molar refractivity (Wildman–Crippen MR) is 162 cm³/mol. The highest BCUT2D eigenvalue weighted by molar-refractivity contribution is 6.01. The molecule has 0 atom stereocenters. The summed E-state index contributed by atoms with van der Waals surface area (Å²) in [6.07, 6.45) is 5.53. The summed E-state index contributed by atoms with van der Waals surface area (Å²) in [5.74, 6) is -0.239. The molecule has 7 heteroatoms. The van der Waals surface area contributed by atoms with Crippen LogP contribution in [0.2, 0.25) is 0 Å². The molecular formula is C34H27FN6. The van der Waals surface area contributed by atoms with Gasteiger partial charge in [-0.15, -0.1) is 0 Å². The second-order valence-corrected chi connectivity index (χ2v) is 10.3. The van der Waals surface area contributed by atoms with Gasteiger partial charge in [-0.2, -0.15) is 5.10 Å². The predicted octanol–water partition coefficient (Wildman–Crippen LogP) is 7.57. The summed E-state index contributed by atoms with van der Waals surface area (Å²) in [7, 11) is 0. The largest absolute Gasteiger partial charge is 0.353 e. The average Bonchev–Trinajstić information content (AvgIpc) is 3.61. The van der Waals surface area contributed by atoms with Gasteiger partial charge >= 0.3 is 0 Å². The summed E-state index contributed by atoms with van der Waals surface area (Å²) in [6.45, 7) is 3.40. The quantitative estimate of drug-likeness (QED) is 0.195. The van der Waals surface area contributed by atoms with Crippen molar-refractivity contribution in [3.8, 4) is 33.8 Å². The topological polar surface area (TPSA) is 82.3 Å². The Labute approximate surface area is 236 Å². The average molecular weight is 539 g/mol. The van der Waals surface area contributed by atoms with Crippen molar-refractivity contribution < 1.29 is 4.39 Å². The normalized spacial score (nSPS) is 11.5. The summed E-state index contributed by atoms with van der Waals surface area (Å²) in [5, 5.41) is 13.2. The highest BCUT2D eigenvalue weighted by Crippen LogP contribution is 2.35. The fourth-order valence-electron chi connectivity index (χ4n) is 5.38. The molecule has 0 unspecified atom stereocenters. The molecule has 6 nitrogen and oxygen atoms in total. The second-order valence-electron chi connectivity index (χ2n) is 10.3. The molecule has 4 heterocycles. The molecule has 0 saturated carbocycles. The molecule has 0 radical (unpaired) electrons. The fourth-order valence-corrected chi connectivity index (χ4v) is 5.38. The van der Waals surface area contributed by atoms with Crippen LogP contribution in [-0.4, -0.2) is 25.1 Å². The van der Waals surface area contributed by atoms with Crippen LogP contribution in [0.3, 0.4) is 0 Å². The van der Waals surface area contributed by atoms with Gasteiger partial charge in [0, 0.05) is 47.3 Å². The lowest BCUT2D eigenvalue weighted by molar-refractivity contribution is 0.627. The number of nitrogens with zero attached hydrogens (tertiary/aromatic N) is 3. The molecule has 7 aromatic rings. The minimum Gasteiger partial charge on any atom is -0.353 e. The molecule has 7 rings (SSSR count). The Morgan fingerprint density at radius 3 is 2.51 bits per heavy atom. The molecule has 3 N–H and O–H groups in total. The van der Waals surface area contributed by atoms with E-state index in [0.717, 1.165) is 73.2 Å². The third-order valence-corrected chi connectivity index (χ3v) is 7.31. The van der Waals surface area contributed by atoms with Crippen LogP contribution in [0.5, 0.6) is 0 Å². The second kappa shape index (κ2) is 10.4. The Morgan fingerprint density at radius 1 is 0.756 bits per heavy atom. The number of rotatable bonds is 7. The van der Waals surface area contributed by atoms with Gasteiger partial charge in [0.15, 0.2) is 0 Å². The van der Waals surface area contributed by atoms with Gasteiger partial charge in [0.2, 0.25) is 0 Å². The smallest absolute Gasteiger partial charge is 0.124 e. The number of aryl methyl sites for hydroxylation is 1. The molecule has 200 valence electrons. The van der Waals surface area contributed by atoms with Crippen LogP contribution in [0.15, 0.2) is 104 Å². The van der Waals surface area contributed by atoms with Crippen LogP contribution in [0.4, 0.5) is 4.39 Å². The number of aromatic nitrogens is 5. The Hall–Kier alpha value is -5.14. The van der Waals surface area contributed by atoms with E-state index in [1.54, 1.807) is 12.1 Å². The molecule has 4 aromatic heterocycles. The summed E-state index contributed by atoms with van der Waals surface area (Å²) in [5.41, 5.74) is 10.3. The molecule has 0 aliphatic heterocycles.